The van der Waals surface area contributed by atoms with Crippen molar-refractivity contribution in [3.63, 3.8) is 0 Å². The van der Waals surface area contributed by atoms with Gasteiger partial charge in [-0.25, -0.2) is 0 Å². The molecule has 2 heteroatoms. The lowest BCUT2D eigenvalue weighted by Crippen LogP contribution is -2.20. The van der Waals surface area contributed by atoms with Gasteiger partial charge in [0.15, 0.2) is 0 Å². The number of allylic oxidation sites excluding steroid dienone is 2. The van der Waals surface area contributed by atoms with Gasteiger partial charge in [-0.3, -0.25) is 0 Å². The van der Waals surface area contributed by atoms with Gasteiger partial charge in [-0.1, -0.05) is 38.3 Å². The van der Waals surface area contributed by atoms with E-state index in [1.54, 1.807) is 0 Å². The predicted octanol–water partition coefficient (Wildman–Crippen LogP) is 4.56. The van der Waals surface area contributed by atoms with Gasteiger partial charge in [0.25, 0.3) is 6.92 Å². The molecule has 2 rings (SSSR count). The molecule has 0 aromatic rings. The van der Waals surface area contributed by atoms with E-state index in [-0.39, 0.29) is 0 Å². The van der Waals surface area contributed by atoms with Crippen LogP contribution in [-0.4, -0.2) is 13.5 Å². The quantitative estimate of drug-likeness (QED) is 0.483. The zero-order valence-corrected chi connectivity index (χ0v) is 12.0. The third kappa shape index (κ3) is 2.62. The summed E-state index contributed by atoms with van der Waals surface area (Å²) < 4.78 is 5.92. The van der Waals surface area contributed by atoms with Crippen LogP contribution in [0, 0.1) is 11.3 Å². The van der Waals surface area contributed by atoms with E-state index in [0.717, 1.165) is 18.3 Å². The Kier molecular flexibility index (Phi) is 4.02. The van der Waals surface area contributed by atoms with Crippen LogP contribution < -0.4 is 0 Å². The number of rotatable bonds is 6. The van der Waals surface area contributed by atoms with Crippen LogP contribution in [-0.2, 0) is 4.65 Å². The fourth-order valence-corrected chi connectivity index (χ4v) is 3.70. The summed E-state index contributed by atoms with van der Waals surface area (Å²) in [7, 11) is 0. The third-order valence-corrected chi connectivity index (χ3v) is 4.90. The first-order chi connectivity index (χ1) is 8.09. The van der Waals surface area contributed by atoms with E-state index >= 15 is 0 Å². The molecule has 0 N–H and O–H groups in total. The zero-order chi connectivity index (χ0) is 12.5. The molecular formula is C15H27BO. The Morgan fingerprint density at radius 3 is 2.88 bits per heavy atom. The minimum Gasteiger partial charge on any atom is -0.435 e. The Morgan fingerprint density at radius 2 is 2.24 bits per heavy atom. The van der Waals surface area contributed by atoms with E-state index in [9.17, 15) is 0 Å². The second-order valence-electron chi connectivity index (χ2n) is 6.47. The molecule has 0 unspecified atom stereocenters. The van der Waals surface area contributed by atoms with E-state index in [1.807, 2.05) is 0 Å². The fraction of sp³-hybridized carbons (Fsp3) is 0.867. The van der Waals surface area contributed by atoms with E-state index in [0.29, 0.717) is 12.3 Å². The van der Waals surface area contributed by atoms with Gasteiger partial charge < -0.3 is 4.65 Å². The number of unbranched alkanes of at least 4 members (excludes halogenated alkanes) is 1. The summed E-state index contributed by atoms with van der Waals surface area (Å²) in [5.41, 5.74) is 2.06. The Morgan fingerprint density at radius 1 is 1.47 bits per heavy atom. The van der Waals surface area contributed by atoms with Crippen LogP contribution >= 0.6 is 0 Å². The van der Waals surface area contributed by atoms with Gasteiger partial charge in [0, 0.05) is 6.61 Å². The molecule has 1 saturated carbocycles. The highest BCUT2D eigenvalue weighted by Gasteiger charge is 2.67. The van der Waals surface area contributed by atoms with E-state index in [1.165, 1.54) is 37.6 Å². The maximum absolute atomic E-state index is 5.92. The average molecular weight is 234 g/mol. The van der Waals surface area contributed by atoms with Crippen LogP contribution in [0.5, 0.6) is 0 Å². The van der Waals surface area contributed by atoms with Crippen molar-refractivity contribution in [1.29, 1.82) is 0 Å². The monoisotopic (exact) mass is 234 g/mol. The molecule has 1 heterocycles. The Bertz CT molecular complexity index is 295. The second-order valence-corrected chi connectivity index (χ2v) is 6.47. The molecule has 1 aliphatic heterocycles. The van der Waals surface area contributed by atoms with Gasteiger partial charge in [0.2, 0.25) is 0 Å². The van der Waals surface area contributed by atoms with Crippen molar-refractivity contribution < 1.29 is 4.65 Å². The maximum atomic E-state index is 5.92. The number of hydrogen-bond donors (Lipinski definition) is 0. The molecule has 0 aromatic carbocycles. The maximum Gasteiger partial charge on any atom is 0.297 e. The first kappa shape index (κ1) is 13.2. The summed E-state index contributed by atoms with van der Waals surface area (Å²) in [6.07, 6.45) is 8.92. The molecule has 3 atom stereocenters. The average Bonchev–Trinajstić information content (AvgIpc) is 2.68. The van der Waals surface area contributed by atoms with Crippen LogP contribution in [0.15, 0.2) is 11.6 Å². The number of fused-ring (bicyclic) bond motifs is 1. The summed E-state index contributed by atoms with van der Waals surface area (Å²) in [6.45, 7) is 10.8. The molecule has 17 heavy (non-hydrogen) atoms. The Hall–Kier alpha value is -0.235. The van der Waals surface area contributed by atoms with Crippen molar-refractivity contribution in [3.8, 4) is 0 Å². The van der Waals surface area contributed by atoms with Gasteiger partial charge in [-0.15, -0.1) is 0 Å². The van der Waals surface area contributed by atoms with Crippen molar-refractivity contribution in [1.82, 2.24) is 0 Å². The Labute approximate surface area is 107 Å². The van der Waals surface area contributed by atoms with Crippen LogP contribution in [0.3, 0.4) is 0 Å². The first-order valence-electron chi connectivity index (χ1n) is 7.34. The third-order valence-electron chi connectivity index (χ3n) is 4.90. The molecule has 1 saturated heterocycles. The highest BCUT2D eigenvalue weighted by Crippen LogP contribution is 2.71. The molecule has 1 aliphatic carbocycles. The highest BCUT2D eigenvalue weighted by molar-refractivity contribution is 6.56. The summed E-state index contributed by atoms with van der Waals surface area (Å²) in [5, 5.41) is 0. The fourth-order valence-electron chi connectivity index (χ4n) is 3.70. The predicted molar refractivity (Wildman–Crippen MR) is 75.4 cm³/mol. The summed E-state index contributed by atoms with van der Waals surface area (Å²) in [6, 6.07) is 0. The molecule has 0 spiro atoms. The van der Waals surface area contributed by atoms with Crippen molar-refractivity contribution in [3.05, 3.63) is 11.6 Å². The topological polar surface area (TPSA) is 9.23 Å². The van der Waals surface area contributed by atoms with E-state index < -0.39 is 0 Å². The number of hydrogen-bond acceptors (Lipinski definition) is 1. The Balaban J connectivity index is 1.82. The standard InChI is InChI=1S/C15H27BO/c1-5-6-10-16-14-13(11-17-16)15(14,4)9-7-8-12(2)3/h8,13-14H,5-7,9-11H2,1-4H3/t13-,14+,15+/m0/s1. The molecule has 2 fully saturated rings. The minimum absolute atomic E-state index is 0.580. The van der Waals surface area contributed by atoms with E-state index in [4.69, 9.17) is 4.65 Å². The second kappa shape index (κ2) is 5.18. The van der Waals surface area contributed by atoms with Crippen LogP contribution in [0.1, 0.15) is 53.4 Å². The summed E-state index contributed by atoms with van der Waals surface area (Å²) in [5.74, 6) is 1.74. The van der Waals surface area contributed by atoms with Gasteiger partial charge in [0.05, 0.1) is 0 Å². The highest BCUT2D eigenvalue weighted by atomic mass is 16.4. The lowest BCUT2D eigenvalue weighted by Gasteiger charge is -2.18. The molecule has 0 aromatic heterocycles. The molecule has 0 radical (unpaired) electrons. The smallest absolute Gasteiger partial charge is 0.297 e. The van der Waals surface area contributed by atoms with Gasteiger partial charge in [-0.2, -0.15) is 0 Å². The molecule has 0 bridgehead atoms. The summed E-state index contributed by atoms with van der Waals surface area (Å²) >= 11 is 0. The minimum atomic E-state index is 0.580. The van der Waals surface area contributed by atoms with Crippen molar-refractivity contribution in [2.45, 2.75) is 65.5 Å². The molecule has 0 amide bonds. The van der Waals surface area contributed by atoms with Crippen LogP contribution in [0.4, 0.5) is 0 Å². The zero-order valence-electron chi connectivity index (χ0n) is 12.0. The van der Waals surface area contributed by atoms with Gasteiger partial charge >= 0.3 is 0 Å². The molecule has 96 valence electrons. The van der Waals surface area contributed by atoms with E-state index in [2.05, 4.69) is 33.8 Å². The lowest BCUT2D eigenvalue weighted by molar-refractivity contribution is 0.274. The lowest BCUT2D eigenvalue weighted by atomic mass is 9.56. The van der Waals surface area contributed by atoms with Gasteiger partial charge in [0.1, 0.15) is 0 Å². The van der Waals surface area contributed by atoms with Gasteiger partial charge in [-0.05, 0) is 50.2 Å². The van der Waals surface area contributed by atoms with Crippen molar-refractivity contribution in [2.24, 2.45) is 11.3 Å². The first-order valence-corrected chi connectivity index (χ1v) is 7.34. The molecular weight excluding hydrogens is 207 g/mol. The van der Waals surface area contributed by atoms with Crippen LogP contribution in [0.25, 0.3) is 0 Å². The molecule has 2 aliphatic rings. The SMILES string of the molecule is CCCCB1OC[C@H]2[C@@H]1[C@]2(C)CCC=C(C)C. The van der Waals surface area contributed by atoms with Crippen molar-refractivity contribution in [2.75, 3.05) is 6.61 Å². The van der Waals surface area contributed by atoms with Crippen molar-refractivity contribution >= 4 is 6.92 Å². The van der Waals surface area contributed by atoms with Crippen LogP contribution in [0.2, 0.25) is 12.1 Å². The normalized spacial score (nSPS) is 34.7. The summed E-state index contributed by atoms with van der Waals surface area (Å²) in [4.78, 5) is 0. The molecule has 1 nitrogen and oxygen atoms in total. The largest absolute Gasteiger partial charge is 0.435 e.